The second-order valence-electron chi connectivity index (χ2n) is 2.23. The Hall–Kier alpha value is -0.780. The molecule has 2 aromatic rings. The largest absolute Gasteiger partial charge is 0.506 e. The van der Waals surface area contributed by atoms with Gasteiger partial charge in [0.15, 0.2) is 0 Å². The van der Waals surface area contributed by atoms with Gasteiger partial charge in [0, 0.05) is 15.2 Å². The summed E-state index contributed by atoms with van der Waals surface area (Å²) in [5, 5.41) is 10.1. The molecule has 0 aliphatic rings. The van der Waals surface area contributed by atoms with E-state index in [2.05, 4.69) is 32.6 Å². The van der Waals surface area contributed by atoms with Crippen molar-refractivity contribution in [2.75, 3.05) is 0 Å². The number of aromatic amines is 1. The number of pyridine rings is 1. The summed E-state index contributed by atoms with van der Waals surface area (Å²) in [6.45, 7) is 0. The maximum Gasteiger partial charge on any atom is 0.138 e. The topological polar surface area (TPSA) is 48.9 Å². The Morgan fingerprint density at radius 3 is 3.18 bits per heavy atom. The number of hydrogen-bond donors (Lipinski definition) is 2. The molecule has 11 heavy (non-hydrogen) atoms. The molecule has 0 unspecified atom stereocenters. The van der Waals surface area contributed by atoms with E-state index >= 15 is 0 Å². The molecule has 0 atom stereocenters. The van der Waals surface area contributed by atoms with E-state index in [0.717, 1.165) is 14.6 Å². The van der Waals surface area contributed by atoms with Crippen molar-refractivity contribution in [2.45, 2.75) is 0 Å². The number of aromatic nitrogens is 2. The summed E-state index contributed by atoms with van der Waals surface area (Å²) in [5.41, 5.74) is 0.812. The van der Waals surface area contributed by atoms with Gasteiger partial charge in [-0.15, -0.1) is 0 Å². The summed E-state index contributed by atoms with van der Waals surface area (Å²) in [6, 6.07) is 1.70. The second-order valence-corrected chi connectivity index (χ2v) is 3.39. The van der Waals surface area contributed by atoms with Gasteiger partial charge in [-0.25, -0.2) is 4.98 Å². The number of hydrogen-bond acceptors (Lipinski definition) is 2. The highest BCUT2D eigenvalue weighted by molar-refractivity contribution is 14.1. The van der Waals surface area contributed by atoms with Gasteiger partial charge < -0.3 is 10.1 Å². The summed E-state index contributed by atoms with van der Waals surface area (Å²) in [5.74, 6) is 0.204. The number of H-pyrrole nitrogens is 1. The van der Waals surface area contributed by atoms with E-state index in [4.69, 9.17) is 5.11 Å². The van der Waals surface area contributed by atoms with Gasteiger partial charge in [0.25, 0.3) is 0 Å². The van der Waals surface area contributed by atoms with E-state index in [-0.39, 0.29) is 5.75 Å². The number of nitrogens with zero attached hydrogens (tertiary/aromatic N) is 1. The molecule has 0 fully saturated rings. The van der Waals surface area contributed by atoms with Crippen molar-refractivity contribution in [3.05, 3.63) is 22.0 Å². The van der Waals surface area contributed by atoms with Crippen LogP contribution in [0.3, 0.4) is 0 Å². The molecule has 0 bridgehead atoms. The zero-order valence-electron chi connectivity index (χ0n) is 5.50. The number of fused-ring (bicyclic) bond motifs is 1. The Labute approximate surface area is 76.6 Å². The second kappa shape index (κ2) is 2.37. The van der Waals surface area contributed by atoms with Crippen LogP contribution in [0.4, 0.5) is 0 Å². The average Bonchev–Trinajstić information content (AvgIpc) is 2.33. The Bertz CT molecular complexity index is 396. The third-order valence-electron chi connectivity index (χ3n) is 1.47. The zero-order chi connectivity index (χ0) is 7.84. The molecule has 56 valence electrons. The number of nitrogens with one attached hydrogen (secondary N) is 1. The first-order chi connectivity index (χ1) is 5.27. The number of rotatable bonds is 0. The molecule has 4 heteroatoms. The van der Waals surface area contributed by atoms with E-state index in [1.54, 1.807) is 6.07 Å². The molecule has 2 N–H and O–H groups in total. The average molecular weight is 260 g/mol. The highest BCUT2D eigenvalue weighted by Crippen LogP contribution is 2.21. The molecular formula is C7H5IN2O. The van der Waals surface area contributed by atoms with Gasteiger partial charge in [-0.05, 0) is 28.7 Å². The van der Waals surface area contributed by atoms with Gasteiger partial charge in [-0.1, -0.05) is 0 Å². The van der Waals surface area contributed by atoms with Gasteiger partial charge in [0.2, 0.25) is 0 Å². The van der Waals surface area contributed by atoms with Crippen molar-refractivity contribution < 1.29 is 5.11 Å². The van der Waals surface area contributed by atoms with Crippen molar-refractivity contribution in [3.8, 4) is 5.75 Å². The van der Waals surface area contributed by atoms with Gasteiger partial charge in [-0.3, -0.25) is 0 Å². The third kappa shape index (κ3) is 1.07. The molecule has 0 saturated carbocycles. The predicted octanol–water partition coefficient (Wildman–Crippen LogP) is 1.87. The first kappa shape index (κ1) is 6.90. The lowest BCUT2D eigenvalue weighted by Crippen LogP contribution is -1.74. The van der Waals surface area contributed by atoms with Crippen molar-refractivity contribution in [1.82, 2.24) is 9.97 Å². The quantitative estimate of drug-likeness (QED) is 0.710. The van der Waals surface area contributed by atoms with Crippen LogP contribution in [0.1, 0.15) is 0 Å². The first-order valence-electron chi connectivity index (χ1n) is 3.09. The fraction of sp³-hybridized carbons (Fsp3) is 0. The third-order valence-corrected chi connectivity index (χ3v) is 2.36. The van der Waals surface area contributed by atoms with E-state index in [1.807, 2.05) is 6.20 Å². The Morgan fingerprint density at radius 1 is 1.55 bits per heavy atom. The van der Waals surface area contributed by atoms with Crippen LogP contribution in [0.5, 0.6) is 5.75 Å². The van der Waals surface area contributed by atoms with Gasteiger partial charge in [0.1, 0.15) is 11.4 Å². The molecule has 0 amide bonds. The molecule has 0 aromatic carbocycles. The Kier molecular flexibility index (Phi) is 1.49. The molecule has 3 nitrogen and oxygen atoms in total. The highest BCUT2D eigenvalue weighted by Gasteiger charge is 2.01. The van der Waals surface area contributed by atoms with Crippen LogP contribution in [0.25, 0.3) is 11.0 Å². The lowest BCUT2D eigenvalue weighted by Gasteiger charge is -1.90. The van der Waals surface area contributed by atoms with E-state index < -0.39 is 0 Å². The van der Waals surface area contributed by atoms with Crippen LogP contribution in [0.2, 0.25) is 0 Å². The highest BCUT2D eigenvalue weighted by atomic mass is 127. The minimum absolute atomic E-state index is 0.204. The fourth-order valence-corrected chi connectivity index (χ4v) is 1.53. The smallest absolute Gasteiger partial charge is 0.138 e. The van der Waals surface area contributed by atoms with E-state index in [9.17, 15) is 0 Å². The molecule has 0 aliphatic carbocycles. The molecular weight excluding hydrogens is 255 g/mol. The summed E-state index contributed by atoms with van der Waals surface area (Å²) in [7, 11) is 0. The van der Waals surface area contributed by atoms with Crippen molar-refractivity contribution >= 4 is 33.6 Å². The monoisotopic (exact) mass is 260 g/mol. The van der Waals surface area contributed by atoms with Crippen LogP contribution in [0.15, 0.2) is 18.5 Å². The first-order valence-corrected chi connectivity index (χ1v) is 4.17. The maximum absolute atomic E-state index is 9.09. The van der Waals surface area contributed by atoms with Gasteiger partial charge in [-0.2, -0.15) is 0 Å². The fourth-order valence-electron chi connectivity index (χ4n) is 0.960. The standard InChI is InChI=1S/C7H5IN2O/c8-6-3-10-7-5(6)1-4(11)2-9-7/h1-3,11H,(H,9,10). The van der Waals surface area contributed by atoms with E-state index in [0.29, 0.717) is 0 Å². The number of aromatic hydroxyl groups is 1. The molecule has 0 aliphatic heterocycles. The van der Waals surface area contributed by atoms with Crippen LogP contribution < -0.4 is 0 Å². The zero-order valence-corrected chi connectivity index (χ0v) is 7.66. The van der Waals surface area contributed by atoms with Gasteiger partial charge >= 0.3 is 0 Å². The van der Waals surface area contributed by atoms with Crippen LogP contribution >= 0.6 is 22.6 Å². The molecule has 0 saturated heterocycles. The molecule has 2 aromatic heterocycles. The Balaban J connectivity index is 2.87. The SMILES string of the molecule is Oc1cnc2[nH]cc(I)c2c1. The molecule has 2 heterocycles. The normalized spacial score (nSPS) is 10.6. The van der Waals surface area contributed by atoms with Crippen LogP contribution in [-0.4, -0.2) is 15.1 Å². The summed E-state index contributed by atoms with van der Waals surface area (Å²) in [4.78, 5) is 6.98. The van der Waals surface area contributed by atoms with E-state index in [1.165, 1.54) is 6.20 Å². The van der Waals surface area contributed by atoms with Crippen molar-refractivity contribution in [3.63, 3.8) is 0 Å². The minimum atomic E-state index is 0.204. The molecule has 0 radical (unpaired) electrons. The number of halogens is 1. The lowest BCUT2D eigenvalue weighted by atomic mass is 10.3. The van der Waals surface area contributed by atoms with Crippen LogP contribution in [0, 0.1) is 3.57 Å². The van der Waals surface area contributed by atoms with Crippen molar-refractivity contribution in [2.24, 2.45) is 0 Å². The molecule has 0 spiro atoms. The lowest BCUT2D eigenvalue weighted by molar-refractivity contribution is 0.474. The van der Waals surface area contributed by atoms with Crippen LogP contribution in [-0.2, 0) is 0 Å². The Morgan fingerprint density at radius 2 is 2.36 bits per heavy atom. The minimum Gasteiger partial charge on any atom is -0.506 e. The maximum atomic E-state index is 9.09. The predicted molar refractivity (Wildman–Crippen MR) is 50.5 cm³/mol. The van der Waals surface area contributed by atoms with Crippen molar-refractivity contribution in [1.29, 1.82) is 0 Å². The van der Waals surface area contributed by atoms with Gasteiger partial charge in [0.05, 0.1) is 6.20 Å². The summed E-state index contributed by atoms with van der Waals surface area (Å²) in [6.07, 6.45) is 3.28. The molecule has 2 rings (SSSR count). The summed E-state index contributed by atoms with van der Waals surface area (Å²) < 4.78 is 1.07. The summed E-state index contributed by atoms with van der Waals surface area (Å²) >= 11 is 2.19.